The van der Waals surface area contributed by atoms with Gasteiger partial charge in [-0.05, 0) is 56.2 Å². The lowest BCUT2D eigenvalue weighted by atomic mass is 9.95. The molecule has 0 aromatic heterocycles. The lowest BCUT2D eigenvalue weighted by Gasteiger charge is -2.39. The Balaban J connectivity index is 1.95. The van der Waals surface area contributed by atoms with Crippen LogP contribution < -0.4 is 10.2 Å². The van der Waals surface area contributed by atoms with Gasteiger partial charge >= 0.3 is 0 Å². The molecule has 1 atom stereocenters. The first-order valence-electron chi connectivity index (χ1n) is 7.52. The number of benzene rings is 1. The smallest absolute Gasteiger partial charge is 0.0422 e. The first-order chi connectivity index (χ1) is 8.90. The Hall–Kier alpha value is -1.18. The van der Waals surface area contributed by atoms with Crippen LogP contribution in [0.4, 0.5) is 11.4 Å². The summed E-state index contributed by atoms with van der Waals surface area (Å²) in [5, 5.41) is 3.55. The summed E-state index contributed by atoms with van der Waals surface area (Å²) in [6.45, 7) is 4.71. The second-order valence-corrected chi connectivity index (χ2v) is 5.58. The Bertz CT molecular complexity index is 414. The number of nitrogens with one attached hydrogen (secondary N) is 1. The summed E-state index contributed by atoms with van der Waals surface area (Å²) in [5.74, 6) is 0. The fraction of sp³-hybridized carbons (Fsp3) is 0.625. The Kier molecular flexibility index (Phi) is 3.44. The molecule has 2 nitrogen and oxygen atoms in total. The largest absolute Gasteiger partial charge is 0.385 e. The van der Waals surface area contributed by atoms with E-state index >= 15 is 0 Å². The zero-order chi connectivity index (χ0) is 12.4. The van der Waals surface area contributed by atoms with Crippen LogP contribution in [0.25, 0.3) is 0 Å². The molecule has 2 heteroatoms. The molecule has 2 aliphatic heterocycles. The van der Waals surface area contributed by atoms with Crippen LogP contribution in [0.1, 0.15) is 44.6 Å². The Morgan fingerprint density at radius 1 is 1.28 bits per heavy atom. The molecule has 1 aromatic rings. The lowest BCUT2D eigenvalue weighted by Crippen LogP contribution is -2.40. The predicted octanol–water partition coefficient (Wildman–Crippen LogP) is 3.81. The molecule has 1 unspecified atom stereocenters. The van der Waals surface area contributed by atoms with Gasteiger partial charge in [-0.15, -0.1) is 0 Å². The van der Waals surface area contributed by atoms with Crippen molar-refractivity contribution in [3.63, 3.8) is 0 Å². The van der Waals surface area contributed by atoms with E-state index in [1.165, 1.54) is 56.4 Å². The van der Waals surface area contributed by atoms with Crippen molar-refractivity contribution in [2.24, 2.45) is 0 Å². The van der Waals surface area contributed by atoms with Crippen LogP contribution in [0, 0.1) is 0 Å². The van der Waals surface area contributed by atoms with E-state index in [4.69, 9.17) is 0 Å². The van der Waals surface area contributed by atoms with Crippen molar-refractivity contribution < 1.29 is 0 Å². The highest BCUT2D eigenvalue weighted by molar-refractivity contribution is 5.68. The molecular weight excluding hydrogens is 220 g/mol. The highest BCUT2D eigenvalue weighted by Crippen LogP contribution is 2.35. The van der Waals surface area contributed by atoms with Gasteiger partial charge in [-0.2, -0.15) is 0 Å². The molecule has 0 bridgehead atoms. The maximum absolute atomic E-state index is 3.55. The molecule has 98 valence electrons. The number of fused-ring (bicyclic) bond motifs is 1. The van der Waals surface area contributed by atoms with Crippen molar-refractivity contribution in [2.45, 2.75) is 51.5 Å². The summed E-state index contributed by atoms with van der Waals surface area (Å²) in [7, 11) is 0. The normalized spacial score (nSPS) is 23.4. The van der Waals surface area contributed by atoms with Crippen molar-refractivity contribution in [1.82, 2.24) is 0 Å². The standard InChI is InChI=1S/C16H24N2/c1-2-13-7-3-4-12-18(13)16-10-5-9-15-14(16)8-6-11-17-15/h5,9-10,13,17H,2-4,6-8,11-12H2,1H3. The number of hydrogen-bond acceptors (Lipinski definition) is 2. The number of rotatable bonds is 2. The third-order valence-electron chi connectivity index (χ3n) is 4.48. The molecule has 18 heavy (non-hydrogen) atoms. The highest BCUT2D eigenvalue weighted by atomic mass is 15.2. The average molecular weight is 244 g/mol. The maximum Gasteiger partial charge on any atom is 0.0422 e. The van der Waals surface area contributed by atoms with Gasteiger partial charge in [0, 0.05) is 30.5 Å². The predicted molar refractivity (Wildman–Crippen MR) is 78.5 cm³/mol. The SMILES string of the molecule is CCC1CCCCN1c1cccc2c1CCCN2. The third-order valence-corrected chi connectivity index (χ3v) is 4.48. The Morgan fingerprint density at radius 2 is 2.22 bits per heavy atom. The van der Waals surface area contributed by atoms with Gasteiger partial charge in [-0.3, -0.25) is 0 Å². The molecule has 2 aliphatic rings. The fourth-order valence-corrected chi connectivity index (χ4v) is 3.50. The van der Waals surface area contributed by atoms with Crippen molar-refractivity contribution in [2.75, 3.05) is 23.3 Å². The van der Waals surface area contributed by atoms with Crippen LogP contribution in [-0.2, 0) is 6.42 Å². The van der Waals surface area contributed by atoms with Crippen LogP contribution in [0.5, 0.6) is 0 Å². The molecule has 1 aromatic carbocycles. The average Bonchev–Trinajstić information content (AvgIpc) is 2.46. The number of anilines is 2. The molecule has 1 saturated heterocycles. The number of hydrogen-bond donors (Lipinski definition) is 1. The number of nitrogens with zero attached hydrogens (tertiary/aromatic N) is 1. The van der Waals surface area contributed by atoms with E-state index in [0.717, 1.165) is 12.6 Å². The van der Waals surface area contributed by atoms with Gasteiger partial charge in [-0.25, -0.2) is 0 Å². The van der Waals surface area contributed by atoms with Gasteiger partial charge in [0.25, 0.3) is 0 Å². The zero-order valence-electron chi connectivity index (χ0n) is 11.4. The van der Waals surface area contributed by atoms with Gasteiger partial charge in [0.05, 0.1) is 0 Å². The van der Waals surface area contributed by atoms with Crippen LogP contribution in [0.2, 0.25) is 0 Å². The van der Waals surface area contributed by atoms with Crippen molar-refractivity contribution >= 4 is 11.4 Å². The molecule has 1 fully saturated rings. The van der Waals surface area contributed by atoms with Crippen LogP contribution in [-0.4, -0.2) is 19.1 Å². The molecule has 0 saturated carbocycles. The van der Waals surface area contributed by atoms with Gasteiger partial charge < -0.3 is 10.2 Å². The summed E-state index contributed by atoms with van der Waals surface area (Å²) < 4.78 is 0. The molecule has 1 N–H and O–H groups in total. The molecule has 0 spiro atoms. The second kappa shape index (κ2) is 5.21. The van der Waals surface area contributed by atoms with Crippen LogP contribution in [0.3, 0.4) is 0 Å². The van der Waals surface area contributed by atoms with E-state index in [1.807, 2.05) is 0 Å². The first-order valence-corrected chi connectivity index (χ1v) is 7.52. The van der Waals surface area contributed by atoms with Gasteiger partial charge in [0.1, 0.15) is 0 Å². The Labute approximate surface area is 110 Å². The minimum absolute atomic E-state index is 0.757. The summed E-state index contributed by atoms with van der Waals surface area (Å²) >= 11 is 0. The van der Waals surface area contributed by atoms with E-state index in [0.29, 0.717) is 0 Å². The quantitative estimate of drug-likeness (QED) is 0.851. The first kappa shape index (κ1) is 11.9. The van der Waals surface area contributed by atoms with E-state index in [1.54, 1.807) is 5.56 Å². The third kappa shape index (κ3) is 2.09. The molecule has 3 rings (SSSR count). The molecule has 0 radical (unpaired) electrons. The van der Waals surface area contributed by atoms with Gasteiger partial charge in [-0.1, -0.05) is 13.0 Å². The topological polar surface area (TPSA) is 15.3 Å². The summed E-state index contributed by atoms with van der Waals surface area (Å²) in [6, 6.07) is 7.54. The van der Waals surface area contributed by atoms with E-state index < -0.39 is 0 Å². The fourth-order valence-electron chi connectivity index (χ4n) is 3.50. The van der Waals surface area contributed by atoms with E-state index in [2.05, 4.69) is 35.3 Å². The van der Waals surface area contributed by atoms with E-state index in [9.17, 15) is 0 Å². The molecule has 0 amide bonds. The zero-order valence-corrected chi connectivity index (χ0v) is 11.4. The molecular formula is C16H24N2. The van der Waals surface area contributed by atoms with Crippen molar-refractivity contribution in [3.8, 4) is 0 Å². The van der Waals surface area contributed by atoms with Crippen LogP contribution >= 0.6 is 0 Å². The molecule has 2 heterocycles. The summed E-state index contributed by atoms with van der Waals surface area (Å²) in [6.07, 6.45) is 7.92. The van der Waals surface area contributed by atoms with Gasteiger partial charge in [0.15, 0.2) is 0 Å². The maximum atomic E-state index is 3.55. The van der Waals surface area contributed by atoms with Crippen molar-refractivity contribution in [1.29, 1.82) is 0 Å². The summed E-state index contributed by atoms with van der Waals surface area (Å²) in [5.41, 5.74) is 4.44. The van der Waals surface area contributed by atoms with E-state index in [-0.39, 0.29) is 0 Å². The Morgan fingerprint density at radius 3 is 3.11 bits per heavy atom. The number of piperidine rings is 1. The highest BCUT2D eigenvalue weighted by Gasteiger charge is 2.24. The molecule has 0 aliphatic carbocycles. The van der Waals surface area contributed by atoms with Gasteiger partial charge in [0.2, 0.25) is 0 Å². The minimum Gasteiger partial charge on any atom is -0.385 e. The summed E-state index contributed by atoms with van der Waals surface area (Å²) in [4.78, 5) is 2.68. The van der Waals surface area contributed by atoms with Crippen molar-refractivity contribution in [3.05, 3.63) is 23.8 Å². The minimum atomic E-state index is 0.757. The second-order valence-electron chi connectivity index (χ2n) is 5.58. The van der Waals surface area contributed by atoms with Crippen LogP contribution in [0.15, 0.2) is 18.2 Å². The lowest BCUT2D eigenvalue weighted by molar-refractivity contribution is 0.449. The monoisotopic (exact) mass is 244 g/mol.